The number of halogens is 1. The van der Waals surface area contributed by atoms with Crippen molar-refractivity contribution in [2.75, 3.05) is 0 Å². The maximum absolute atomic E-state index is 6.23. The van der Waals surface area contributed by atoms with E-state index in [0.717, 1.165) is 27.8 Å². The Morgan fingerprint density at radius 1 is 1.19 bits per heavy atom. The van der Waals surface area contributed by atoms with Crippen molar-refractivity contribution in [2.45, 2.75) is 13.0 Å². The first-order valence-corrected chi connectivity index (χ1v) is 7.08. The van der Waals surface area contributed by atoms with Crippen molar-refractivity contribution < 1.29 is 4.52 Å². The SMILES string of the molecule is C/C(Cl)=C\C(N)c1ccccc1-c1noc2ccccc12. The van der Waals surface area contributed by atoms with Crippen LogP contribution in [0.15, 0.2) is 64.2 Å². The number of benzene rings is 2. The molecule has 0 aliphatic carbocycles. The lowest BCUT2D eigenvalue weighted by Crippen LogP contribution is -2.08. The van der Waals surface area contributed by atoms with Crippen molar-refractivity contribution in [1.82, 2.24) is 5.16 Å². The van der Waals surface area contributed by atoms with Gasteiger partial charge in [-0.1, -0.05) is 53.2 Å². The summed E-state index contributed by atoms with van der Waals surface area (Å²) >= 11 is 5.94. The van der Waals surface area contributed by atoms with E-state index in [1.54, 1.807) is 0 Å². The van der Waals surface area contributed by atoms with Crippen LogP contribution in [0.25, 0.3) is 22.2 Å². The minimum absolute atomic E-state index is 0.283. The molecule has 0 saturated carbocycles. The van der Waals surface area contributed by atoms with Crippen molar-refractivity contribution in [3.05, 3.63) is 65.2 Å². The molecule has 2 N–H and O–H groups in total. The standard InChI is InChI=1S/C17H15ClN2O/c1-11(18)10-15(19)12-6-2-3-7-13(12)17-14-8-4-5-9-16(14)21-20-17/h2-10,15H,19H2,1H3/b11-10+. The highest BCUT2D eigenvalue weighted by molar-refractivity contribution is 6.29. The average Bonchev–Trinajstić information content (AvgIpc) is 2.90. The molecule has 106 valence electrons. The van der Waals surface area contributed by atoms with Gasteiger partial charge in [-0.3, -0.25) is 0 Å². The zero-order chi connectivity index (χ0) is 14.8. The van der Waals surface area contributed by atoms with Crippen LogP contribution in [0, 0.1) is 0 Å². The van der Waals surface area contributed by atoms with Crippen LogP contribution >= 0.6 is 11.6 Å². The fourth-order valence-corrected chi connectivity index (χ4v) is 2.56. The minimum Gasteiger partial charge on any atom is -0.356 e. The molecule has 1 unspecified atom stereocenters. The van der Waals surface area contributed by atoms with Crippen LogP contribution < -0.4 is 5.73 Å². The van der Waals surface area contributed by atoms with Gasteiger partial charge in [-0.2, -0.15) is 0 Å². The van der Waals surface area contributed by atoms with Crippen LogP contribution in [0.4, 0.5) is 0 Å². The maximum atomic E-state index is 6.23. The molecule has 0 bridgehead atoms. The highest BCUT2D eigenvalue weighted by atomic mass is 35.5. The van der Waals surface area contributed by atoms with E-state index < -0.39 is 0 Å². The molecule has 3 rings (SSSR count). The summed E-state index contributed by atoms with van der Waals surface area (Å²) in [5.74, 6) is 0. The van der Waals surface area contributed by atoms with Gasteiger partial charge in [-0.25, -0.2) is 0 Å². The third-order valence-corrected chi connectivity index (χ3v) is 3.49. The third kappa shape index (κ3) is 2.71. The van der Waals surface area contributed by atoms with Crippen molar-refractivity contribution in [3.63, 3.8) is 0 Å². The van der Waals surface area contributed by atoms with E-state index in [0.29, 0.717) is 5.03 Å². The largest absolute Gasteiger partial charge is 0.356 e. The lowest BCUT2D eigenvalue weighted by Gasteiger charge is -2.12. The van der Waals surface area contributed by atoms with Crippen LogP contribution in [0.5, 0.6) is 0 Å². The summed E-state index contributed by atoms with van der Waals surface area (Å²) in [6.07, 6.45) is 1.82. The average molecular weight is 299 g/mol. The molecule has 2 aromatic carbocycles. The van der Waals surface area contributed by atoms with Crippen LogP contribution in [0.1, 0.15) is 18.5 Å². The fourth-order valence-electron chi connectivity index (χ4n) is 2.42. The topological polar surface area (TPSA) is 52.0 Å². The zero-order valence-electron chi connectivity index (χ0n) is 11.6. The van der Waals surface area contributed by atoms with Gasteiger partial charge in [0.05, 0.1) is 6.04 Å². The molecule has 3 aromatic rings. The molecule has 0 radical (unpaired) electrons. The molecule has 0 aliphatic rings. The lowest BCUT2D eigenvalue weighted by molar-refractivity contribution is 0.459. The Balaban J connectivity index is 2.17. The lowest BCUT2D eigenvalue weighted by atomic mass is 9.96. The van der Waals surface area contributed by atoms with E-state index in [4.69, 9.17) is 21.9 Å². The van der Waals surface area contributed by atoms with E-state index in [2.05, 4.69) is 5.16 Å². The molecule has 0 amide bonds. The van der Waals surface area contributed by atoms with Gasteiger partial charge < -0.3 is 10.3 Å². The molecule has 0 spiro atoms. The second-order valence-electron chi connectivity index (χ2n) is 4.89. The monoisotopic (exact) mass is 298 g/mol. The summed E-state index contributed by atoms with van der Waals surface area (Å²) in [5.41, 5.74) is 9.73. The normalized spacial score (nSPS) is 13.6. The summed E-state index contributed by atoms with van der Waals surface area (Å²) in [7, 11) is 0. The number of nitrogens with zero attached hydrogens (tertiary/aromatic N) is 1. The first-order valence-electron chi connectivity index (χ1n) is 6.70. The first kappa shape index (κ1) is 13.9. The second-order valence-corrected chi connectivity index (χ2v) is 5.49. The molecule has 0 fully saturated rings. The van der Waals surface area contributed by atoms with Crippen molar-refractivity contribution in [2.24, 2.45) is 5.73 Å². The van der Waals surface area contributed by atoms with Gasteiger partial charge in [-0.15, -0.1) is 0 Å². The summed E-state index contributed by atoms with van der Waals surface area (Å²) in [5, 5.41) is 5.85. The molecular weight excluding hydrogens is 284 g/mol. The van der Waals surface area contributed by atoms with Crippen molar-refractivity contribution >= 4 is 22.6 Å². The zero-order valence-corrected chi connectivity index (χ0v) is 12.3. The number of hydrogen-bond acceptors (Lipinski definition) is 3. The van der Waals surface area contributed by atoms with Crippen LogP contribution in [-0.4, -0.2) is 5.16 Å². The summed E-state index contributed by atoms with van der Waals surface area (Å²) < 4.78 is 5.39. The number of nitrogens with two attached hydrogens (primary N) is 1. The molecule has 4 heteroatoms. The van der Waals surface area contributed by atoms with Crippen molar-refractivity contribution in [1.29, 1.82) is 0 Å². The predicted molar refractivity (Wildman–Crippen MR) is 86.0 cm³/mol. The predicted octanol–water partition coefficient (Wildman–Crippen LogP) is 4.64. The first-order chi connectivity index (χ1) is 10.2. The summed E-state index contributed by atoms with van der Waals surface area (Å²) in [4.78, 5) is 0. The highest BCUT2D eigenvalue weighted by Gasteiger charge is 2.16. The number of hydrogen-bond donors (Lipinski definition) is 1. The number of fused-ring (bicyclic) bond motifs is 1. The van der Waals surface area contributed by atoms with E-state index in [1.807, 2.05) is 61.5 Å². The second kappa shape index (κ2) is 5.72. The Morgan fingerprint density at radius 3 is 2.71 bits per heavy atom. The van der Waals surface area contributed by atoms with Crippen molar-refractivity contribution in [3.8, 4) is 11.3 Å². The smallest absolute Gasteiger partial charge is 0.167 e. The van der Waals surface area contributed by atoms with Gasteiger partial charge >= 0.3 is 0 Å². The Bertz CT molecular complexity index is 803. The molecule has 1 atom stereocenters. The number of aromatic nitrogens is 1. The van der Waals surface area contributed by atoms with Gasteiger partial charge in [0.1, 0.15) is 5.69 Å². The highest BCUT2D eigenvalue weighted by Crippen LogP contribution is 2.32. The summed E-state index contributed by atoms with van der Waals surface area (Å²) in [6, 6.07) is 15.4. The van der Waals surface area contributed by atoms with E-state index in [1.165, 1.54) is 0 Å². The molecule has 0 aliphatic heterocycles. The van der Waals surface area contributed by atoms with Crippen LogP contribution in [0.2, 0.25) is 0 Å². The number of allylic oxidation sites excluding steroid dienone is 1. The fraction of sp³-hybridized carbons (Fsp3) is 0.118. The van der Waals surface area contributed by atoms with Crippen LogP contribution in [0.3, 0.4) is 0 Å². The number of para-hydroxylation sites is 1. The van der Waals surface area contributed by atoms with Crippen LogP contribution in [-0.2, 0) is 0 Å². The Kier molecular flexibility index (Phi) is 3.78. The van der Waals surface area contributed by atoms with E-state index >= 15 is 0 Å². The quantitative estimate of drug-likeness (QED) is 0.766. The molecule has 21 heavy (non-hydrogen) atoms. The molecule has 1 heterocycles. The van der Waals surface area contributed by atoms with E-state index in [-0.39, 0.29) is 6.04 Å². The van der Waals surface area contributed by atoms with E-state index in [9.17, 15) is 0 Å². The maximum Gasteiger partial charge on any atom is 0.167 e. The third-order valence-electron chi connectivity index (χ3n) is 3.36. The molecule has 1 aromatic heterocycles. The Labute approximate surface area is 128 Å². The minimum atomic E-state index is -0.283. The number of rotatable bonds is 3. The van der Waals surface area contributed by atoms with Gasteiger partial charge in [0.15, 0.2) is 5.58 Å². The molecule has 0 saturated heterocycles. The Morgan fingerprint density at radius 2 is 1.90 bits per heavy atom. The van der Waals surface area contributed by atoms with Gasteiger partial charge in [-0.05, 0) is 30.7 Å². The molecular formula is C17H15ClN2O. The summed E-state index contributed by atoms with van der Waals surface area (Å²) in [6.45, 7) is 1.82. The Hall–Kier alpha value is -2.10. The van der Waals surface area contributed by atoms with Gasteiger partial charge in [0, 0.05) is 16.0 Å². The van der Waals surface area contributed by atoms with Gasteiger partial charge in [0.2, 0.25) is 0 Å². The molecule has 3 nitrogen and oxygen atoms in total. The van der Waals surface area contributed by atoms with Gasteiger partial charge in [0.25, 0.3) is 0 Å².